The number of halogens is 1. The first-order valence-electron chi connectivity index (χ1n) is 7.06. The molecule has 0 aliphatic rings. The van der Waals surface area contributed by atoms with Gasteiger partial charge in [-0.1, -0.05) is 41.9 Å². The van der Waals surface area contributed by atoms with Gasteiger partial charge in [0, 0.05) is 23.6 Å². The Bertz CT molecular complexity index is 685. The Hall–Kier alpha value is -2.66. The van der Waals surface area contributed by atoms with Crippen molar-refractivity contribution in [3.8, 4) is 0 Å². The van der Waals surface area contributed by atoms with Crippen molar-refractivity contribution in [3.63, 3.8) is 0 Å². The van der Waals surface area contributed by atoms with Crippen LogP contribution in [-0.2, 0) is 9.59 Å². The fourth-order valence-corrected chi connectivity index (χ4v) is 1.88. The van der Waals surface area contributed by atoms with E-state index in [1.165, 1.54) is 6.21 Å². The van der Waals surface area contributed by atoms with Crippen LogP contribution in [-0.4, -0.2) is 18.0 Å². The van der Waals surface area contributed by atoms with Crippen LogP contribution in [0.25, 0.3) is 0 Å². The SMILES string of the molecule is O=C(CCC(=O)Nc1ccccc1)NN=Cc1ccc(Cl)cc1. The summed E-state index contributed by atoms with van der Waals surface area (Å²) in [4.78, 5) is 23.3. The number of para-hydroxylation sites is 1. The average molecular weight is 330 g/mol. The lowest BCUT2D eigenvalue weighted by Crippen LogP contribution is -2.20. The lowest BCUT2D eigenvalue weighted by Gasteiger charge is -2.04. The Morgan fingerprint density at radius 1 is 0.957 bits per heavy atom. The summed E-state index contributed by atoms with van der Waals surface area (Å²) >= 11 is 5.77. The third-order valence-electron chi connectivity index (χ3n) is 2.91. The molecule has 0 spiro atoms. The lowest BCUT2D eigenvalue weighted by atomic mass is 10.2. The van der Waals surface area contributed by atoms with E-state index in [1.807, 2.05) is 18.2 Å². The van der Waals surface area contributed by atoms with E-state index in [0.29, 0.717) is 10.7 Å². The van der Waals surface area contributed by atoms with Crippen molar-refractivity contribution in [1.82, 2.24) is 5.43 Å². The molecule has 118 valence electrons. The summed E-state index contributed by atoms with van der Waals surface area (Å²) < 4.78 is 0. The molecule has 0 aromatic heterocycles. The van der Waals surface area contributed by atoms with E-state index >= 15 is 0 Å². The number of amides is 2. The van der Waals surface area contributed by atoms with Crippen LogP contribution >= 0.6 is 11.6 Å². The van der Waals surface area contributed by atoms with Crippen LogP contribution in [0.3, 0.4) is 0 Å². The molecule has 0 radical (unpaired) electrons. The van der Waals surface area contributed by atoms with Gasteiger partial charge in [0.05, 0.1) is 6.21 Å². The van der Waals surface area contributed by atoms with Crippen molar-refractivity contribution in [1.29, 1.82) is 0 Å². The molecule has 2 aromatic carbocycles. The maximum Gasteiger partial charge on any atom is 0.240 e. The number of hydrogen-bond acceptors (Lipinski definition) is 3. The topological polar surface area (TPSA) is 70.6 Å². The molecule has 2 amide bonds. The summed E-state index contributed by atoms with van der Waals surface area (Å²) in [5.41, 5.74) is 3.91. The van der Waals surface area contributed by atoms with E-state index in [-0.39, 0.29) is 24.7 Å². The van der Waals surface area contributed by atoms with Crippen LogP contribution in [0.4, 0.5) is 5.69 Å². The van der Waals surface area contributed by atoms with Crippen LogP contribution in [0.2, 0.25) is 5.02 Å². The molecule has 2 N–H and O–H groups in total. The molecule has 5 nitrogen and oxygen atoms in total. The summed E-state index contributed by atoms with van der Waals surface area (Å²) in [6.45, 7) is 0. The van der Waals surface area contributed by atoms with Crippen molar-refractivity contribution in [3.05, 3.63) is 65.2 Å². The highest BCUT2D eigenvalue weighted by Gasteiger charge is 2.06. The van der Waals surface area contributed by atoms with Crippen LogP contribution in [0.5, 0.6) is 0 Å². The summed E-state index contributed by atoms with van der Waals surface area (Å²) in [6.07, 6.45) is 1.67. The highest BCUT2D eigenvalue weighted by atomic mass is 35.5. The second kappa shape index (κ2) is 8.70. The summed E-state index contributed by atoms with van der Waals surface area (Å²) in [5, 5.41) is 7.18. The highest BCUT2D eigenvalue weighted by molar-refractivity contribution is 6.30. The van der Waals surface area contributed by atoms with Crippen molar-refractivity contribution in [2.45, 2.75) is 12.8 Å². The minimum Gasteiger partial charge on any atom is -0.326 e. The third kappa shape index (κ3) is 6.32. The summed E-state index contributed by atoms with van der Waals surface area (Å²) in [7, 11) is 0. The van der Waals surface area contributed by atoms with E-state index in [0.717, 1.165) is 5.56 Å². The molecule has 0 heterocycles. The molecule has 23 heavy (non-hydrogen) atoms. The molecule has 0 aliphatic heterocycles. The number of rotatable bonds is 6. The zero-order valence-electron chi connectivity index (χ0n) is 12.3. The minimum atomic E-state index is -0.321. The number of anilines is 1. The molecule has 0 fully saturated rings. The van der Waals surface area contributed by atoms with Gasteiger partial charge < -0.3 is 5.32 Å². The largest absolute Gasteiger partial charge is 0.326 e. The molecule has 0 unspecified atom stereocenters. The quantitative estimate of drug-likeness (QED) is 0.631. The number of carbonyl (C=O) groups excluding carboxylic acids is 2. The fraction of sp³-hybridized carbons (Fsp3) is 0.118. The van der Waals surface area contributed by atoms with E-state index in [2.05, 4.69) is 15.8 Å². The Labute approximate surface area is 139 Å². The van der Waals surface area contributed by atoms with Crippen molar-refractivity contribution < 1.29 is 9.59 Å². The van der Waals surface area contributed by atoms with Gasteiger partial charge in [-0.15, -0.1) is 0 Å². The number of carbonyl (C=O) groups is 2. The fourth-order valence-electron chi connectivity index (χ4n) is 1.76. The molecule has 0 saturated carbocycles. The third-order valence-corrected chi connectivity index (χ3v) is 3.16. The second-order valence-corrected chi connectivity index (χ2v) is 5.20. The molecule has 2 aromatic rings. The molecular weight excluding hydrogens is 314 g/mol. The van der Waals surface area contributed by atoms with Gasteiger partial charge in [0.25, 0.3) is 0 Å². The van der Waals surface area contributed by atoms with E-state index in [1.54, 1.807) is 36.4 Å². The van der Waals surface area contributed by atoms with Crippen molar-refractivity contribution >= 4 is 35.3 Å². The predicted molar refractivity (Wildman–Crippen MR) is 91.5 cm³/mol. The maximum atomic E-state index is 11.7. The Morgan fingerprint density at radius 3 is 2.30 bits per heavy atom. The number of hydrogen-bond donors (Lipinski definition) is 2. The normalized spacial score (nSPS) is 10.5. The molecule has 2 rings (SSSR count). The van der Waals surface area contributed by atoms with Crippen LogP contribution < -0.4 is 10.7 Å². The van der Waals surface area contributed by atoms with Crippen LogP contribution in [0, 0.1) is 0 Å². The van der Waals surface area contributed by atoms with Gasteiger partial charge in [-0.3, -0.25) is 9.59 Å². The van der Waals surface area contributed by atoms with Crippen LogP contribution in [0.15, 0.2) is 59.7 Å². The van der Waals surface area contributed by atoms with Gasteiger partial charge in [0.2, 0.25) is 11.8 Å². The second-order valence-electron chi connectivity index (χ2n) is 4.76. The van der Waals surface area contributed by atoms with Gasteiger partial charge in [0.15, 0.2) is 0 Å². The maximum absolute atomic E-state index is 11.7. The molecular formula is C17H16ClN3O2. The first-order chi connectivity index (χ1) is 11.1. The standard InChI is InChI=1S/C17H16ClN3O2/c18-14-8-6-13(7-9-14)12-19-21-17(23)11-10-16(22)20-15-4-2-1-3-5-15/h1-9,12H,10-11H2,(H,20,22)(H,21,23). The average Bonchev–Trinajstić information content (AvgIpc) is 2.56. The number of hydrazone groups is 1. The Morgan fingerprint density at radius 2 is 1.61 bits per heavy atom. The van der Waals surface area contributed by atoms with E-state index < -0.39 is 0 Å². The van der Waals surface area contributed by atoms with Gasteiger partial charge in [0.1, 0.15) is 0 Å². The molecule has 6 heteroatoms. The van der Waals surface area contributed by atoms with Crippen molar-refractivity contribution in [2.24, 2.45) is 5.10 Å². The summed E-state index contributed by atoms with van der Waals surface area (Å²) in [5.74, 6) is -0.536. The van der Waals surface area contributed by atoms with Gasteiger partial charge in [-0.25, -0.2) is 5.43 Å². The van der Waals surface area contributed by atoms with E-state index in [9.17, 15) is 9.59 Å². The zero-order valence-corrected chi connectivity index (χ0v) is 13.1. The first kappa shape index (κ1) is 16.7. The van der Waals surface area contributed by atoms with Gasteiger partial charge in [-0.2, -0.15) is 5.10 Å². The molecule has 0 aliphatic carbocycles. The lowest BCUT2D eigenvalue weighted by molar-refractivity contribution is -0.124. The highest BCUT2D eigenvalue weighted by Crippen LogP contribution is 2.08. The smallest absolute Gasteiger partial charge is 0.240 e. The zero-order chi connectivity index (χ0) is 16.5. The number of nitrogens with zero attached hydrogens (tertiary/aromatic N) is 1. The number of nitrogens with one attached hydrogen (secondary N) is 2. The monoisotopic (exact) mass is 329 g/mol. The van der Waals surface area contributed by atoms with E-state index in [4.69, 9.17) is 11.6 Å². The summed E-state index contributed by atoms with van der Waals surface area (Å²) in [6, 6.07) is 16.1. The Balaban J connectivity index is 1.70. The Kier molecular flexibility index (Phi) is 6.32. The van der Waals surface area contributed by atoms with Gasteiger partial charge in [-0.05, 0) is 29.8 Å². The van der Waals surface area contributed by atoms with Crippen molar-refractivity contribution in [2.75, 3.05) is 5.32 Å². The predicted octanol–water partition coefficient (Wildman–Crippen LogP) is 3.21. The molecule has 0 saturated heterocycles. The van der Waals surface area contributed by atoms with Gasteiger partial charge >= 0.3 is 0 Å². The van der Waals surface area contributed by atoms with Crippen LogP contribution in [0.1, 0.15) is 18.4 Å². The molecule has 0 bridgehead atoms. The number of benzene rings is 2. The minimum absolute atomic E-state index is 0.0661. The first-order valence-corrected chi connectivity index (χ1v) is 7.43. The molecule has 0 atom stereocenters.